The lowest BCUT2D eigenvalue weighted by molar-refractivity contribution is 0.101. The Morgan fingerprint density at radius 2 is 2.24 bits per heavy atom. The van der Waals surface area contributed by atoms with Crippen molar-refractivity contribution in [2.24, 2.45) is 7.05 Å². The molecule has 1 aromatic carbocycles. The second-order valence-corrected chi connectivity index (χ2v) is 5.35. The fourth-order valence-corrected chi connectivity index (χ4v) is 2.50. The average molecular weight is 347 g/mol. The lowest BCUT2D eigenvalue weighted by Gasteiger charge is -2.06. The van der Waals surface area contributed by atoms with Gasteiger partial charge in [0.25, 0.3) is 5.91 Å². The van der Waals surface area contributed by atoms with Crippen LogP contribution in [0.5, 0.6) is 0 Å². The fraction of sp³-hybridized carbons (Fsp3) is 0.0714. The number of anilines is 1. The largest absolute Gasteiger partial charge is 0.423 e. The summed E-state index contributed by atoms with van der Waals surface area (Å²) in [5.74, 6) is 0.221. The molecule has 0 unspecified atom stereocenters. The summed E-state index contributed by atoms with van der Waals surface area (Å²) in [6.07, 6.45) is 3.09. The van der Waals surface area contributed by atoms with Gasteiger partial charge in [0.05, 0.1) is 0 Å². The Morgan fingerprint density at radius 1 is 1.38 bits per heavy atom. The summed E-state index contributed by atoms with van der Waals surface area (Å²) in [6.45, 7) is 0. The van der Waals surface area contributed by atoms with Gasteiger partial charge in [-0.3, -0.25) is 4.79 Å². The van der Waals surface area contributed by atoms with E-state index >= 15 is 0 Å². The zero-order valence-electron chi connectivity index (χ0n) is 11.1. The zero-order valence-corrected chi connectivity index (χ0v) is 12.7. The van der Waals surface area contributed by atoms with E-state index in [9.17, 15) is 4.79 Å². The first-order valence-electron chi connectivity index (χ1n) is 6.13. The minimum atomic E-state index is -0.189. The van der Waals surface area contributed by atoms with Crippen molar-refractivity contribution in [2.45, 2.75) is 0 Å². The molecule has 0 aliphatic heterocycles. The molecule has 2 heterocycles. The SMILES string of the molecule is Cn1cc(Br)cc1C(=O)Nc1cccc(-c2nnco2)c1. The third kappa shape index (κ3) is 2.87. The third-order valence-corrected chi connectivity index (χ3v) is 3.37. The molecule has 0 radical (unpaired) electrons. The van der Waals surface area contributed by atoms with Crippen LogP contribution in [0.4, 0.5) is 5.69 Å². The van der Waals surface area contributed by atoms with Gasteiger partial charge < -0.3 is 14.3 Å². The normalized spacial score (nSPS) is 10.6. The molecule has 0 spiro atoms. The topological polar surface area (TPSA) is 73.0 Å². The van der Waals surface area contributed by atoms with Crippen LogP contribution in [0.2, 0.25) is 0 Å². The number of nitrogens with one attached hydrogen (secondary N) is 1. The molecule has 21 heavy (non-hydrogen) atoms. The van der Waals surface area contributed by atoms with Gasteiger partial charge in [-0.2, -0.15) is 0 Å². The molecule has 0 fully saturated rings. The van der Waals surface area contributed by atoms with Crippen LogP contribution in [0.25, 0.3) is 11.5 Å². The Kier molecular flexibility index (Phi) is 3.57. The van der Waals surface area contributed by atoms with Crippen molar-refractivity contribution < 1.29 is 9.21 Å². The summed E-state index contributed by atoms with van der Waals surface area (Å²) >= 11 is 3.35. The number of rotatable bonds is 3. The minimum Gasteiger partial charge on any atom is -0.423 e. The van der Waals surface area contributed by atoms with Crippen molar-refractivity contribution in [2.75, 3.05) is 5.32 Å². The van der Waals surface area contributed by atoms with Crippen LogP contribution in [-0.4, -0.2) is 20.7 Å². The van der Waals surface area contributed by atoms with E-state index in [1.165, 1.54) is 6.39 Å². The first kappa shape index (κ1) is 13.6. The smallest absolute Gasteiger partial charge is 0.272 e. The molecular formula is C14H11BrN4O2. The maximum absolute atomic E-state index is 12.2. The number of aromatic nitrogens is 3. The first-order valence-corrected chi connectivity index (χ1v) is 6.92. The molecular weight excluding hydrogens is 336 g/mol. The fourth-order valence-electron chi connectivity index (χ4n) is 1.97. The van der Waals surface area contributed by atoms with Gasteiger partial charge in [-0.05, 0) is 40.2 Å². The number of hydrogen-bond acceptors (Lipinski definition) is 4. The zero-order chi connectivity index (χ0) is 14.8. The van der Waals surface area contributed by atoms with Crippen LogP contribution in [0.1, 0.15) is 10.5 Å². The van der Waals surface area contributed by atoms with Crippen molar-refractivity contribution in [1.29, 1.82) is 0 Å². The molecule has 0 aliphatic carbocycles. The molecule has 1 amide bonds. The number of carbonyl (C=O) groups is 1. The summed E-state index contributed by atoms with van der Waals surface area (Å²) < 4.78 is 7.75. The van der Waals surface area contributed by atoms with Crippen molar-refractivity contribution in [3.05, 3.63) is 53.1 Å². The highest BCUT2D eigenvalue weighted by Gasteiger charge is 2.12. The number of halogens is 1. The van der Waals surface area contributed by atoms with Gasteiger partial charge in [-0.15, -0.1) is 10.2 Å². The molecule has 3 rings (SSSR count). The third-order valence-electron chi connectivity index (χ3n) is 2.93. The van der Waals surface area contributed by atoms with Gasteiger partial charge >= 0.3 is 0 Å². The van der Waals surface area contributed by atoms with Crippen LogP contribution in [0, 0.1) is 0 Å². The molecule has 0 saturated carbocycles. The van der Waals surface area contributed by atoms with Crippen molar-refractivity contribution in [1.82, 2.24) is 14.8 Å². The van der Waals surface area contributed by atoms with Gasteiger partial charge in [0.2, 0.25) is 12.3 Å². The number of amides is 1. The second-order valence-electron chi connectivity index (χ2n) is 4.43. The van der Waals surface area contributed by atoms with Crippen LogP contribution in [-0.2, 0) is 7.05 Å². The maximum atomic E-state index is 12.2. The number of hydrogen-bond donors (Lipinski definition) is 1. The van der Waals surface area contributed by atoms with E-state index in [2.05, 4.69) is 31.4 Å². The Balaban J connectivity index is 1.84. The predicted molar refractivity (Wildman–Crippen MR) is 80.8 cm³/mol. The molecule has 0 aliphatic rings. The predicted octanol–water partition coefficient (Wildman–Crippen LogP) is 3.09. The van der Waals surface area contributed by atoms with Crippen LogP contribution in [0.15, 0.2) is 51.8 Å². The van der Waals surface area contributed by atoms with E-state index in [1.54, 1.807) is 22.8 Å². The van der Waals surface area contributed by atoms with Crippen LogP contribution < -0.4 is 5.32 Å². The summed E-state index contributed by atoms with van der Waals surface area (Å²) in [5.41, 5.74) is 1.97. The van der Waals surface area contributed by atoms with Crippen LogP contribution >= 0.6 is 15.9 Å². The van der Waals surface area contributed by atoms with E-state index in [1.807, 2.05) is 25.4 Å². The first-order chi connectivity index (χ1) is 10.1. The number of benzene rings is 1. The van der Waals surface area contributed by atoms with Gasteiger partial charge in [-0.25, -0.2) is 0 Å². The highest BCUT2D eigenvalue weighted by Crippen LogP contribution is 2.21. The Bertz CT molecular complexity index is 780. The summed E-state index contributed by atoms with van der Waals surface area (Å²) in [7, 11) is 1.81. The maximum Gasteiger partial charge on any atom is 0.272 e. The number of nitrogens with zero attached hydrogens (tertiary/aromatic N) is 3. The molecule has 1 N–H and O–H groups in total. The molecule has 106 valence electrons. The highest BCUT2D eigenvalue weighted by molar-refractivity contribution is 9.10. The van der Waals surface area contributed by atoms with E-state index in [4.69, 9.17) is 4.42 Å². The Hall–Kier alpha value is -2.41. The average Bonchev–Trinajstić information content (AvgIpc) is 3.08. The van der Waals surface area contributed by atoms with E-state index in [0.29, 0.717) is 17.3 Å². The molecule has 2 aromatic heterocycles. The van der Waals surface area contributed by atoms with E-state index in [-0.39, 0.29) is 5.91 Å². The van der Waals surface area contributed by atoms with Crippen LogP contribution in [0.3, 0.4) is 0 Å². The molecule has 7 heteroatoms. The standard InChI is InChI=1S/C14H11BrN4O2/c1-19-7-10(15)6-12(19)13(20)17-11-4-2-3-9(5-11)14-18-16-8-21-14/h2-8H,1H3,(H,17,20). The minimum absolute atomic E-state index is 0.189. The molecule has 0 saturated heterocycles. The number of carbonyl (C=O) groups excluding carboxylic acids is 1. The molecule has 0 atom stereocenters. The van der Waals surface area contributed by atoms with Crippen molar-refractivity contribution >= 4 is 27.5 Å². The summed E-state index contributed by atoms with van der Waals surface area (Å²) in [4.78, 5) is 12.2. The number of aryl methyl sites for hydroxylation is 1. The highest BCUT2D eigenvalue weighted by atomic mass is 79.9. The van der Waals surface area contributed by atoms with Gasteiger partial charge in [0, 0.05) is 29.0 Å². The Labute approximate surface area is 128 Å². The summed E-state index contributed by atoms with van der Waals surface area (Å²) in [6, 6.07) is 8.99. The van der Waals surface area contributed by atoms with E-state index < -0.39 is 0 Å². The quantitative estimate of drug-likeness (QED) is 0.790. The van der Waals surface area contributed by atoms with E-state index in [0.717, 1.165) is 10.0 Å². The van der Waals surface area contributed by atoms with Gasteiger partial charge in [-0.1, -0.05) is 6.07 Å². The van der Waals surface area contributed by atoms with Gasteiger partial charge in [0.1, 0.15) is 5.69 Å². The molecule has 6 nitrogen and oxygen atoms in total. The molecule has 3 aromatic rings. The lowest BCUT2D eigenvalue weighted by atomic mass is 10.2. The summed E-state index contributed by atoms with van der Waals surface area (Å²) in [5, 5.41) is 10.3. The van der Waals surface area contributed by atoms with Gasteiger partial charge in [0.15, 0.2) is 0 Å². The van der Waals surface area contributed by atoms with Crippen molar-refractivity contribution in [3.63, 3.8) is 0 Å². The van der Waals surface area contributed by atoms with Crippen molar-refractivity contribution in [3.8, 4) is 11.5 Å². The monoisotopic (exact) mass is 346 g/mol. The lowest BCUT2D eigenvalue weighted by Crippen LogP contribution is -2.15. The Morgan fingerprint density at radius 3 is 2.90 bits per heavy atom. The second kappa shape index (κ2) is 5.53. The molecule has 0 bridgehead atoms.